The number of carboxylic acids is 1. The molecule has 2 aromatic carbocycles. The summed E-state index contributed by atoms with van der Waals surface area (Å²) in [6, 6.07) is 7.36. The Bertz CT molecular complexity index is 929. The molecule has 0 saturated carbocycles. The van der Waals surface area contributed by atoms with Gasteiger partial charge in [-0.2, -0.15) is 0 Å². The number of carbonyl (C=O) groups is 2. The summed E-state index contributed by atoms with van der Waals surface area (Å²) in [5, 5.41) is 33.5. The highest BCUT2D eigenvalue weighted by Crippen LogP contribution is 2.26. The first-order chi connectivity index (χ1) is 12.7. The topological polar surface area (TPSA) is 179 Å². The Hall–Kier alpha value is -4.02. The van der Waals surface area contributed by atoms with E-state index in [2.05, 4.69) is 5.32 Å². The molecule has 0 aromatic heterocycles. The average Bonchev–Trinajstić information content (AvgIpc) is 2.61. The zero-order chi connectivity index (χ0) is 20.1. The zero-order valence-electron chi connectivity index (χ0n) is 13.7. The fourth-order valence-corrected chi connectivity index (χ4v) is 2.37. The van der Waals surface area contributed by atoms with Crippen LogP contribution in [0.15, 0.2) is 42.5 Å². The molecule has 0 aliphatic rings. The minimum atomic E-state index is -1.50. The second-order valence-corrected chi connectivity index (χ2v) is 5.48. The Morgan fingerprint density at radius 2 is 1.78 bits per heavy atom. The van der Waals surface area contributed by atoms with Gasteiger partial charge in [0.2, 0.25) is 0 Å². The standard InChI is InChI=1S/C16H14N4O7/c17-12-4-2-1-3-11(12)15(21)18-13(16(22)23)7-9-5-6-10(19(24)25)8-14(9)20(26)27/h1-6,8,13H,7,17H2,(H,18,21)(H,22,23)/t13-/m0/s1. The quantitative estimate of drug-likeness (QED) is 0.370. The Balaban J connectivity index is 2.30. The Kier molecular flexibility index (Phi) is 5.65. The number of aliphatic carboxylic acids is 1. The van der Waals surface area contributed by atoms with Crippen LogP contribution in [0, 0.1) is 20.2 Å². The van der Waals surface area contributed by atoms with E-state index >= 15 is 0 Å². The van der Waals surface area contributed by atoms with Crippen molar-refractivity contribution in [1.82, 2.24) is 5.32 Å². The maximum atomic E-state index is 12.3. The van der Waals surface area contributed by atoms with Gasteiger partial charge in [0.1, 0.15) is 6.04 Å². The van der Waals surface area contributed by atoms with E-state index in [0.29, 0.717) is 0 Å². The number of amides is 1. The minimum Gasteiger partial charge on any atom is -0.480 e. The van der Waals surface area contributed by atoms with E-state index in [-0.39, 0.29) is 16.8 Å². The van der Waals surface area contributed by atoms with E-state index in [4.69, 9.17) is 5.73 Å². The molecule has 11 nitrogen and oxygen atoms in total. The lowest BCUT2D eigenvalue weighted by atomic mass is 10.0. The van der Waals surface area contributed by atoms with Crippen LogP contribution in [-0.2, 0) is 11.2 Å². The lowest BCUT2D eigenvalue weighted by molar-refractivity contribution is -0.394. The Labute approximate surface area is 151 Å². The number of rotatable bonds is 7. The summed E-state index contributed by atoms with van der Waals surface area (Å²) in [5.41, 5.74) is 4.69. The molecule has 140 valence electrons. The van der Waals surface area contributed by atoms with Crippen LogP contribution < -0.4 is 11.1 Å². The zero-order valence-corrected chi connectivity index (χ0v) is 13.7. The molecule has 27 heavy (non-hydrogen) atoms. The molecule has 1 atom stereocenters. The molecule has 11 heteroatoms. The number of nitrogens with zero attached hydrogens (tertiary/aromatic N) is 2. The van der Waals surface area contributed by atoms with Gasteiger partial charge >= 0.3 is 5.97 Å². The van der Waals surface area contributed by atoms with Crippen molar-refractivity contribution in [1.29, 1.82) is 0 Å². The fraction of sp³-hybridized carbons (Fsp3) is 0.125. The third-order valence-corrected chi connectivity index (χ3v) is 3.71. The van der Waals surface area contributed by atoms with Crippen molar-refractivity contribution in [2.24, 2.45) is 0 Å². The van der Waals surface area contributed by atoms with Gasteiger partial charge in [0.05, 0.1) is 21.5 Å². The largest absolute Gasteiger partial charge is 0.480 e. The number of anilines is 1. The Morgan fingerprint density at radius 1 is 1.11 bits per heavy atom. The van der Waals surface area contributed by atoms with Gasteiger partial charge in [-0.25, -0.2) is 4.79 Å². The molecule has 0 heterocycles. The summed E-state index contributed by atoms with van der Waals surface area (Å²) in [7, 11) is 0. The highest BCUT2D eigenvalue weighted by Gasteiger charge is 2.27. The van der Waals surface area contributed by atoms with E-state index < -0.39 is 45.6 Å². The van der Waals surface area contributed by atoms with Crippen molar-refractivity contribution in [2.75, 3.05) is 5.73 Å². The van der Waals surface area contributed by atoms with E-state index in [1.807, 2.05) is 0 Å². The lowest BCUT2D eigenvalue weighted by Crippen LogP contribution is -2.42. The number of hydrogen-bond acceptors (Lipinski definition) is 7. The van der Waals surface area contributed by atoms with E-state index in [0.717, 1.165) is 18.2 Å². The number of para-hydroxylation sites is 1. The molecule has 0 aliphatic carbocycles. The number of nitrogens with one attached hydrogen (secondary N) is 1. The maximum absolute atomic E-state index is 12.3. The highest BCUT2D eigenvalue weighted by atomic mass is 16.6. The van der Waals surface area contributed by atoms with Gasteiger partial charge in [-0.3, -0.25) is 25.0 Å². The van der Waals surface area contributed by atoms with Crippen LogP contribution in [0.3, 0.4) is 0 Å². The van der Waals surface area contributed by atoms with E-state index in [1.54, 1.807) is 12.1 Å². The fourth-order valence-electron chi connectivity index (χ4n) is 2.37. The van der Waals surface area contributed by atoms with Crippen LogP contribution >= 0.6 is 0 Å². The van der Waals surface area contributed by atoms with Gasteiger partial charge in [-0.15, -0.1) is 0 Å². The molecular formula is C16H14N4O7. The van der Waals surface area contributed by atoms with Gasteiger partial charge in [0, 0.05) is 23.7 Å². The van der Waals surface area contributed by atoms with Gasteiger partial charge in [0.15, 0.2) is 0 Å². The molecule has 2 rings (SSSR count). The monoisotopic (exact) mass is 374 g/mol. The molecular weight excluding hydrogens is 360 g/mol. The number of nitro benzene ring substituents is 2. The normalized spacial score (nSPS) is 11.4. The summed E-state index contributed by atoms with van der Waals surface area (Å²) < 4.78 is 0. The number of carboxylic acid groups (broad SMARTS) is 1. The summed E-state index contributed by atoms with van der Waals surface area (Å²) >= 11 is 0. The number of nitrogens with two attached hydrogens (primary N) is 1. The first kappa shape index (κ1) is 19.3. The van der Waals surface area contributed by atoms with Gasteiger partial charge < -0.3 is 16.2 Å². The predicted molar refractivity (Wildman–Crippen MR) is 93.2 cm³/mol. The minimum absolute atomic E-state index is 0.0574. The molecule has 0 aliphatic heterocycles. The van der Waals surface area contributed by atoms with Crippen LogP contribution in [0.5, 0.6) is 0 Å². The van der Waals surface area contributed by atoms with Gasteiger partial charge in [-0.05, 0) is 18.2 Å². The maximum Gasteiger partial charge on any atom is 0.326 e. The molecule has 0 saturated heterocycles. The van der Waals surface area contributed by atoms with Crippen LogP contribution in [0.4, 0.5) is 17.1 Å². The van der Waals surface area contributed by atoms with Gasteiger partial charge in [-0.1, -0.05) is 12.1 Å². The number of hydrogen-bond donors (Lipinski definition) is 3. The van der Waals surface area contributed by atoms with Gasteiger partial charge in [0.25, 0.3) is 17.3 Å². The van der Waals surface area contributed by atoms with Crippen LogP contribution in [0.25, 0.3) is 0 Å². The first-order valence-corrected chi connectivity index (χ1v) is 7.50. The summed E-state index contributed by atoms with van der Waals surface area (Å²) in [6.07, 6.45) is -0.442. The average molecular weight is 374 g/mol. The first-order valence-electron chi connectivity index (χ1n) is 7.50. The number of non-ortho nitro benzene ring substituents is 1. The predicted octanol–water partition coefficient (Wildman–Crippen LogP) is 1.51. The summed E-state index contributed by atoms with van der Waals surface area (Å²) in [4.78, 5) is 44.0. The SMILES string of the molecule is Nc1ccccc1C(=O)N[C@@H](Cc1ccc([N+](=O)[O-])cc1[N+](=O)[O-])C(=O)O. The van der Waals surface area contributed by atoms with Crippen LogP contribution in [0.2, 0.25) is 0 Å². The van der Waals surface area contributed by atoms with Crippen molar-refractivity contribution < 1.29 is 24.5 Å². The number of carbonyl (C=O) groups excluding carboxylic acids is 1. The second-order valence-electron chi connectivity index (χ2n) is 5.48. The summed E-state index contributed by atoms with van der Waals surface area (Å²) in [5.74, 6) is -2.18. The molecule has 0 unspecified atom stereocenters. The third kappa shape index (κ3) is 4.54. The van der Waals surface area contributed by atoms with Crippen molar-refractivity contribution in [3.8, 4) is 0 Å². The van der Waals surface area contributed by atoms with Crippen LogP contribution in [0.1, 0.15) is 15.9 Å². The smallest absolute Gasteiger partial charge is 0.326 e. The highest BCUT2D eigenvalue weighted by molar-refractivity contribution is 6.00. The number of benzene rings is 2. The van der Waals surface area contributed by atoms with Crippen molar-refractivity contribution >= 4 is 28.9 Å². The molecule has 0 fully saturated rings. The molecule has 0 bridgehead atoms. The molecule has 2 aromatic rings. The van der Waals surface area contributed by atoms with E-state index in [9.17, 15) is 34.9 Å². The molecule has 0 spiro atoms. The van der Waals surface area contributed by atoms with Crippen molar-refractivity contribution in [3.63, 3.8) is 0 Å². The van der Waals surface area contributed by atoms with E-state index in [1.165, 1.54) is 12.1 Å². The molecule has 0 radical (unpaired) electrons. The third-order valence-electron chi connectivity index (χ3n) is 3.71. The number of nitro groups is 2. The molecule has 4 N–H and O–H groups in total. The Morgan fingerprint density at radius 3 is 2.33 bits per heavy atom. The summed E-state index contributed by atoms with van der Waals surface area (Å²) in [6.45, 7) is 0. The molecule has 1 amide bonds. The van der Waals surface area contributed by atoms with Crippen molar-refractivity contribution in [2.45, 2.75) is 12.5 Å². The second kappa shape index (κ2) is 7.91. The number of nitrogen functional groups attached to an aromatic ring is 1. The van der Waals surface area contributed by atoms with Crippen LogP contribution in [-0.4, -0.2) is 32.9 Å². The van der Waals surface area contributed by atoms with Crippen molar-refractivity contribution in [3.05, 3.63) is 73.8 Å². The lowest BCUT2D eigenvalue weighted by Gasteiger charge is -2.15.